The average Bonchev–Trinajstić information content (AvgIpc) is 3.54. The first-order valence-corrected chi connectivity index (χ1v) is 17.8. The topological polar surface area (TPSA) is 159 Å². The summed E-state index contributed by atoms with van der Waals surface area (Å²) in [7, 11) is 3.15. The number of nitrogens with zero attached hydrogens (tertiary/aromatic N) is 2. The molecule has 2 N–H and O–H groups in total. The van der Waals surface area contributed by atoms with Gasteiger partial charge in [-0.2, -0.15) is 0 Å². The van der Waals surface area contributed by atoms with E-state index < -0.39 is 58.9 Å². The standard InChI is InChI=1S/C35H52N4O8.C3H8/c1-9-14-24(30(43)26(40)18-19-28(42)36-29(32(44)38(7)8)23-15-11-10-12-16-23)21-27(41)25-17-13-20-39(25)33(45)31(35(4,5)6)37-34(46)47-22(2)3;1-3-2/h10-12,15-16,22,24-25,29,31H,9,13-14,17-21H2,1-8H3,(H,36,42)(H,37,46);3H2,1-2H3/t24?,25-,29-,31?;/m0./s1. The van der Waals surface area contributed by atoms with Gasteiger partial charge in [0.25, 0.3) is 0 Å². The summed E-state index contributed by atoms with van der Waals surface area (Å²) in [4.78, 5) is 94.3. The quantitative estimate of drug-likeness (QED) is 0.223. The molecule has 1 fully saturated rings. The number of rotatable bonds is 16. The zero-order valence-electron chi connectivity index (χ0n) is 31.8. The van der Waals surface area contributed by atoms with Gasteiger partial charge in [0.1, 0.15) is 12.1 Å². The Morgan fingerprint density at radius 2 is 1.54 bits per heavy atom. The van der Waals surface area contributed by atoms with E-state index in [2.05, 4.69) is 24.5 Å². The third-order valence-corrected chi connectivity index (χ3v) is 8.06. The molecule has 4 amide bonds. The minimum atomic E-state index is -0.947. The molecule has 50 heavy (non-hydrogen) atoms. The lowest BCUT2D eigenvalue weighted by atomic mass is 9.85. The molecule has 0 spiro atoms. The first-order valence-electron chi connectivity index (χ1n) is 17.8. The first kappa shape index (κ1) is 43.9. The van der Waals surface area contributed by atoms with E-state index in [1.807, 2.05) is 27.7 Å². The van der Waals surface area contributed by atoms with E-state index in [1.54, 1.807) is 58.3 Å². The molecule has 0 aliphatic carbocycles. The molecule has 280 valence electrons. The molecule has 1 aromatic carbocycles. The Kier molecular flexibility index (Phi) is 18.6. The normalized spacial score (nSPS) is 15.9. The van der Waals surface area contributed by atoms with Gasteiger partial charge in [-0.3, -0.25) is 28.8 Å². The van der Waals surface area contributed by atoms with Crippen molar-refractivity contribution in [1.82, 2.24) is 20.4 Å². The molecule has 12 heteroatoms. The maximum atomic E-state index is 13.7. The molecule has 0 saturated carbocycles. The molecule has 0 radical (unpaired) electrons. The molecule has 1 aromatic rings. The number of ether oxygens (including phenoxy) is 1. The lowest BCUT2D eigenvalue weighted by molar-refractivity contribution is -0.143. The van der Waals surface area contributed by atoms with E-state index in [4.69, 9.17) is 4.74 Å². The van der Waals surface area contributed by atoms with Gasteiger partial charge >= 0.3 is 6.09 Å². The number of hydrogen-bond donors (Lipinski definition) is 2. The predicted octanol–water partition coefficient (Wildman–Crippen LogP) is 5.18. The number of likely N-dealkylation sites (tertiary alicyclic amines) is 1. The number of hydrogen-bond acceptors (Lipinski definition) is 8. The minimum Gasteiger partial charge on any atom is -0.447 e. The van der Waals surface area contributed by atoms with Gasteiger partial charge in [0.05, 0.1) is 12.1 Å². The van der Waals surface area contributed by atoms with Crippen LogP contribution in [-0.4, -0.2) is 89.8 Å². The number of alkyl carbamates (subject to hydrolysis) is 1. The van der Waals surface area contributed by atoms with Gasteiger partial charge in [-0.25, -0.2) is 4.79 Å². The number of benzene rings is 1. The van der Waals surface area contributed by atoms with Gasteiger partial charge in [-0.05, 0) is 44.1 Å². The Morgan fingerprint density at radius 1 is 0.940 bits per heavy atom. The summed E-state index contributed by atoms with van der Waals surface area (Å²) in [6, 6.07) is 6.04. The third-order valence-electron chi connectivity index (χ3n) is 8.06. The van der Waals surface area contributed by atoms with Crippen molar-refractivity contribution >= 4 is 41.2 Å². The molecule has 4 atom stereocenters. The van der Waals surface area contributed by atoms with Crippen molar-refractivity contribution in [2.45, 2.75) is 131 Å². The summed E-state index contributed by atoms with van der Waals surface area (Å²) >= 11 is 0. The van der Waals surface area contributed by atoms with Gasteiger partial charge in [-0.1, -0.05) is 84.7 Å². The SMILES string of the molecule is CCC.CCCC(CC(=O)[C@@H]1CCCN1C(=O)C(NC(=O)OC(C)C)C(C)(C)C)C(=O)C(=O)CCC(=O)N[C@H](C(=O)N(C)C)c1ccccc1. The van der Waals surface area contributed by atoms with Crippen LogP contribution in [0.15, 0.2) is 30.3 Å². The molecule has 1 aliphatic rings. The second-order valence-corrected chi connectivity index (χ2v) is 14.4. The Hall–Kier alpha value is -4.09. The largest absolute Gasteiger partial charge is 0.447 e. The number of ketones is 3. The summed E-state index contributed by atoms with van der Waals surface area (Å²) in [6.07, 6.45) is 1.10. The van der Waals surface area contributed by atoms with Crippen molar-refractivity contribution in [3.8, 4) is 0 Å². The van der Waals surface area contributed by atoms with Crippen molar-refractivity contribution in [3.05, 3.63) is 35.9 Å². The van der Waals surface area contributed by atoms with Crippen molar-refractivity contribution in [2.75, 3.05) is 20.6 Å². The molecule has 2 rings (SSSR count). The summed E-state index contributed by atoms with van der Waals surface area (Å²) in [6.45, 7) is 15.2. The van der Waals surface area contributed by atoms with Crippen LogP contribution in [0.25, 0.3) is 0 Å². The molecule has 0 aromatic heterocycles. The van der Waals surface area contributed by atoms with Crippen LogP contribution in [0.3, 0.4) is 0 Å². The molecule has 1 saturated heterocycles. The summed E-state index contributed by atoms with van der Waals surface area (Å²) in [5, 5.41) is 5.33. The van der Waals surface area contributed by atoms with Crippen LogP contribution in [0, 0.1) is 11.3 Å². The fraction of sp³-hybridized carbons (Fsp3) is 0.658. The highest BCUT2D eigenvalue weighted by Crippen LogP contribution is 2.28. The van der Waals surface area contributed by atoms with Crippen molar-refractivity contribution in [1.29, 1.82) is 0 Å². The van der Waals surface area contributed by atoms with Gasteiger partial charge in [0, 0.05) is 45.8 Å². The zero-order valence-corrected chi connectivity index (χ0v) is 31.8. The fourth-order valence-electron chi connectivity index (χ4n) is 5.60. The molecule has 12 nitrogen and oxygen atoms in total. The van der Waals surface area contributed by atoms with Crippen molar-refractivity contribution < 1.29 is 38.3 Å². The highest BCUT2D eigenvalue weighted by Gasteiger charge is 2.43. The van der Waals surface area contributed by atoms with Crippen molar-refractivity contribution in [2.24, 2.45) is 11.3 Å². The number of likely N-dealkylation sites (N-methyl/N-ethyl adjacent to an activating group) is 1. The Balaban J connectivity index is 0.00000401. The lowest BCUT2D eigenvalue weighted by Gasteiger charge is -2.35. The fourth-order valence-corrected chi connectivity index (χ4v) is 5.60. The monoisotopic (exact) mass is 700 g/mol. The Bertz CT molecular complexity index is 1310. The van der Waals surface area contributed by atoms with Crippen LogP contribution >= 0.6 is 0 Å². The predicted molar refractivity (Wildman–Crippen MR) is 192 cm³/mol. The van der Waals surface area contributed by atoms with Gasteiger partial charge < -0.3 is 25.2 Å². The number of nitrogens with one attached hydrogen (secondary N) is 2. The van der Waals surface area contributed by atoms with E-state index in [-0.39, 0.29) is 37.1 Å². The van der Waals surface area contributed by atoms with Crippen molar-refractivity contribution in [3.63, 3.8) is 0 Å². The number of Topliss-reactive ketones (excluding diaryl/α,β-unsaturated/α-hetero) is 3. The highest BCUT2D eigenvalue weighted by molar-refractivity contribution is 6.38. The number of carbonyl (C=O) groups excluding carboxylic acids is 7. The smallest absolute Gasteiger partial charge is 0.408 e. The van der Waals surface area contributed by atoms with E-state index in [0.29, 0.717) is 37.8 Å². The van der Waals surface area contributed by atoms with Crippen LogP contribution in [0.5, 0.6) is 0 Å². The molecular weight excluding hydrogens is 640 g/mol. The average molecular weight is 701 g/mol. The van der Waals surface area contributed by atoms with Crippen LogP contribution in [0.2, 0.25) is 0 Å². The maximum absolute atomic E-state index is 13.7. The summed E-state index contributed by atoms with van der Waals surface area (Å²) < 4.78 is 5.19. The third kappa shape index (κ3) is 14.0. The molecule has 2 unspecified atom stereocenters. The molecule has 1 heterocycles. The lowest BCUT2D eigenvalue weighted by Crippen LogP contribution is -2.57. The van der Waals surface area contributed by atoms with Gasteiger partial charge in [0.15, 0.2) is 11.6 Å². The summed E-state index contributed by atoms with van der Waals surface area (Å²) in [5.74, 6) is -3.99. The minimum absolute atomic E-state index is 0.213. The zero-order chi connectivity index (χ0) is 38.2. The van der Waals surface area contributed by atoms with E-state index in [0.717, 1.165) is 0 Å². The Morgan fingerprint density at radius 3 is 2.06 bits per heavy atom. The van der Waals surface area contributed by atoms with Gasteiger partial charge in [0.2, 0.25) is 23.5 Å². The van der Waals surface area contributed by atoms with Crippen LogP contribution in [0.4, 0.5) is 4.79 Å². The van der Waals surface area contributed by atoms with E-state index in [1.165, 1.54) is 16.2 Å². The number of amides is 4. The van der Waals surface area contributed by atoms with Gasteiger partial charge in [-0.15, -0.1) is 0 Å². The van der Waals surface area contributed by atoms with Crippen LogP contribution in [0.1, 0.15) is 118 Å². The van der Waals surface area contributed by atoms with Crippen LogP contribution < -0.4 is 10.6 Å². The number of carbonyl (C=O) groups is 7. The second kappa shape index (κ2) is 21.2. The molecule has 0 bridgehead atoms. The summed E-state index contributed by atoms with van der Waals surface area (Å²) in [5.41, 5.74) is -0.0909. The van der Waals surface area contributed by atoms with E-state index >= 15 is 0 Å². The highest BCUT2D eigenvalue weighted by atomic mass is 16.6. The van der Waals surface area contributed by atoms with E-state index in [9.17, 15) is 33.6 Å². The first-order chi connectivity index (χ1) is 23.4. The van der Waals surface area contributed by atoms with Crippen LogP contribution in [-0.2, 0) is 33.5 Å². The Labute approximate surface area is 298 Å². The maximum Gasteiger partial charge on any atom is 0.408 e. The molecule has 1 aliphatic heterocycles. The molecular formula is C38H60N4O8. The second-order valence-electron chi connectivity index (χ2n) is 14.4.